The van der Waals surface area contributed by atoms with Crippen LogP contribution >= 0.6 is 15.9 Å². The van der Waals surface area contributed by atoms with Crippen LogP contribution in [0.1, 0.15) is 29.2 Å². The molecule has 0 spiro atoms. The van der Waals surface area contributed by atoms with Crippen molar-refractivity contribution >= 4 is 33.6 Å². The molecular formula is C26H23BrN2O3. The van der Waals surface area contributed by atoms with E-state index in [1.807, 2.05) is 72.8 Å². The molecule has 1 aliphatic heterocycles. The molecule has 0 saturated carbocycles. The van der Waals surface area contributed by atoms with Gasteiger partial charge in [0.05, 0.1) is 26.0 Å². The maximum Gasteiger partial charge on any atom is 0.267 e. The average Bonchev–Trinajstić information content (AvgIpc) is 3.28. The van der Waals surface area contributed by atoms with Crippen molar-refractivity contribution in [2.24, 2.45) is 5.10 Å². The first-order chi connectivity index (χ1) is 15.6. The highest BCUT2D eigenvalue weighted by atomic mass is 79.9. The fraction of sp³-hybridized carbons (Fsp3) is 0.154. The van der Waals surface area contributed by atoms with Gasteiger partial charge in [-0.2, -0.15) is 5.10 Å². The molecule has 32 heavy (non-hydrogen) atoms. The molecule has 3 aromatic carbocycles. The van der Waals surface area contributed by atoms with Gasteiger partial charge < -0.3 is 9.47 Å². The molecule has 0 aromatic heterocycles. The molecule has 0 radical (unpaired) electrons. The third-order valence-electron chi connectivity index (χ3n) is 5.33. The minimum absolute atomic E-state index is 0.198. The van der Waals surface area contributed by atoms with E-state index in [0.29, 0.717) is 17.9 Å². The molecule has 3 aromatic rings. The van der Waals surface area contributed by atoms with Gasteiger partial charge in [0.25, 0.3) is 5.91 Å². The summed E-state index contributed by atoms with van der Waals surface area (Å²) in [4.78, 5) is 13.2. The highest BCUT2D eigenvalue weighted by Crippen LogP contribution is 2.39. The Hall–Kier alpha value is -3.38. The van der Waals surface area contributed by atoms with Crippen LogP contribution < -0.4 is 9.47 Å². The number of ether oxygens (including phenoxy) is 2. The van der Waals surface area contributed by atoms with Crippen molar-refractivity contribution in [1.29, 1.82) is 0 Å². The van der Waals surface area contributed by atoms with Crippen molar-refractivity contribution in [1.82, 2.24) is 5.01 Å². The number of amides is 1. The SMILES string of the molecule is COc1ccc(OC)c(C2CC(c3ccc(Br)cc3)=NN2C(=O)/C=C/c2ccccc2)c1. The Kier molecular flexibility index (Phi) is 6.71. The fourth-order valence-corrected chi connectivity index (χ4v) is 3.94. The molecule has 162 valence electrons. The van der Waals surface area contributed by atoms with E-state index >= 15 is 0 Å². The third-order valence-corrected chi connectivity index (χ3v) is 5.86. The smallest absolute Gasteiger partial charge is 0.267 e. The summed E-state index contributed by atoms with van der Waals surface area (Å²) in [6.45, 7) is 0. The molecule has 0 bridgehead atoms. The number of hydrogen-bond donors (Lipinski definition) is 0. The highest BCUT2D eigenvalue weighted by Gasteiger charge is 2.34. The summed E-state index contributed by atoms with van der Waals surface area (Å²) in [6, 6.07) is 23.0. The molecule has 0 saturated heterocycles. The van der Waals surface area contributed by atoms with E-state index in [-0.39, 0.29) is 11.9 Å². The summed E-state index contributed by atoms with van der Waals surface area (Å²) in [5.41, 5.74) is 3.62. The van der Waals surface area contributed by atoms with E-state index < -0.39 is 0 Å². The molecule has 4 rings (SSSR count). The second-order valence-corrected chi connectivity index (χ2v) is 8.22. The van der Waals surface area contributed by atoms with E-state index in [9.17, 15) is 4.79 Å². The number of hydrazone groups is 1. The Morgan fingerprint density at radius 1 is 1.03 bits per heavy atom. The van der Waals surface area contributed by atoms with Crippen LogP contribution in [0.15, 0.2) is 88.4 Å². The molecule has 5 nitrogen and oxygen atoms in total. The van der Waals surface area contributed by atoms with Gasteiger partial charge in [0.2, 0.25) is 0 Å². The number of carbonyl (C=O) groups is 1. The molecule has 1 amide bonds. The first kappa shape index (κ1) is 21.8. The van der Waals surface area contributed by atoms with Gasteiger partial charge in [-0.1, -0.05) is 58.4 Å². The summed E-state index contributed by atoms with van der Waals surface area (Å²) in [7, 11) is 3.24. The Labute approximate surface area is 196 Å². The lowest BCUT2D eigenvalue weighted by Crippen LogP contribution is -2.25. The third kappa shape index (κ3) is 4.75. The molecular weight excluding hydrogens is 468 g/mol. The summed E-state index contributed by atoms with van der Waals surface area (Å²) >= 11 is 3.47. The molecule has 6 heteroatoms. The summed E-state index contributed by atoms with van der Waals surface area (Å²) in [6.07, 6.45) is 3.93. The van der Waals surface area contributed by atoms with Gasteiger partial charge in [0.15, 0.2) is 0 Å². The number of carbonyl (C=O) groups excluding carboxylic acids is 1. The second-order valence-electron chi connectivity index (χ2n) is 7.31. The Balaban J connectivity index is 1.72. The van der Waals surface area contributed by atoms with Crippen LogP contribution in [0.5, 0.6) is 11.5 Å². The summed E-state index contributed by atoms with van der Waals surface area (Å²) in [5.74, 6) is 1.19. The Bertz CT molecular complexity index is 1160. The largest absolute Gasteiger partial charge is 0.497 e. The van der Waals surface area contributed by atoms with Crippen molar-refractivity contribution in [3.8, 4) is 11.5 Å². The Morgan fingerprint density at radius 2 is 1.78 bits per heavy atom. The summed E-state index contributed by atoms with van der Waals surface area (Å²) in [5, 5.41) is 6.26. The monoisotopic (exact) mass is 490 g/mol. The number of benzene rings is 3. The Morgan fingerprint density at radius 3 is 2.47 bits per heavy atom. The minimum Gasteiger partial charge on any atom is -0.497 e. The normalized spacial score (nSPS) is 15.7. The molecule has 1 aliphatic rings. The topological polar surface area (TPSA) is 51.1 Å². The van der Waals surface area contributed by atoms with E-state index in [2.05, 4.69) is 15.9 Å². The van der Waals surface area contributed by atoms with Gasteiger partial charge in [0, 0.05) is 22.5 Å². The molecule has 1 atom stereocenters. The maximum atomic E-state index is 13.2. The zero-order chi connectivity index (χ0) is 22.5. The van der Waals surface area contributed by atoms with Crippen LogP contribution in [0, 0.1) is 0 Å². The van der Waals surface area contributed by atoms with Crippen LogP contribution in [-0.4, -0.2) is 30.8 Å². The van der Waals surface area contributed by atoms with Crippen molar-refractivity contribution in [3.63, 3.8) is 0 Å². The van der Waals surface area contributed by atoms with Crippen molar-refractivity contribution < 1.29 is 14.3 Å². The van der Waals surface area contributed by atoms with E-state index in [1.54, 1.807) is 26.4 Å². The van der Waals surface area contributed by atoms with E-state index in [4.69, 9.17) is 14.6 Å². The molecule has 0 N–H and O–H groups in total. The number of halogens is 1. The average molecular weight is 491 g/mol. The predicted molar refractivity (Wildman–Crippen MR) is 130 cm³/mol. The van der Waals surface area contributed by atoms with E-state index in [1.165, 1.54) is 5.01 Å². The predicted octanol–water partition coefficient (Wildman–Crippen LogP) is 5.86. The lowest BCUT2D eigenvalue weighted by molar-refractivity contribution is -0.127. The van der Waals surface area contributed by atoms with Gasteiger partial charge in [-0.3, -0.25) is 4.79 Å². The number of hydrogen-bond acceptors (Lipinski definition) is 4. The minimum atomic E-state index is -0.313. The molecule has 1 unspecified atom stereocenters. The summed E-state index contributed by atoms with van der Waals surface area (Å²) < 4.78 is 12.0. The van der Waals surface area contributed by atoms with Crippen LogP contribution in [-0.2, 0) is 4.79 Å². The first-order valence-electron chi connectivity index (χ1n) is 10.2. The van der Waals surface area contributed by atoms with Gasteiger partial charge in [-0.05, 0) is 47.5 Å². The molecule has 1 heterocycles. The molecule has 0 aliphatic carbocycles. The van der Waals surface area contributed by atoms with Gasteiger partial charge in [-0.25, -0.2) is 5.01 Å². The second kappa shape index (κ2) is 9.83. The van der Waals surface area contributed by atoms with Gasteiger partial charge >= 0.3 is 0 Å². The van der Waals surface area contributed by atoms with Gasteiger partial charge in [-0.15, -0.1) is 0 Å². The van der Waals surface area contributed by atoms with Crippen molar-refractivity contribution in [2.75, 3.05) is 14.2 Å². The number of nitrogens with zero attached hydrogens (tertiary/aromatic N) is 2. The highest BCUT2D eigenvalue weighted by molar-refractivity contribution is 9.10. The van der Waals surface area contributed by atoms with Crippen LogP contribution in [0.4, 0.5) is 0 Å². The lowest BCUT2D eigenvalue weighted by atomic mass is 9.97. The first-order valence-corrected chi connectivity index (χ1v) is 11.0. The number of rotatable bonds is 6. The van der Waals surface area contributed by atoms with Crippen molar-refractivity contribution in [3.05, 3.63) is 100 Å². The van der Waals surface area contributed by atoms with Crippen LogP contribution in [0.25, 0.3) is 6.08 Å². The molecule has 0 fully saturated rings. The van der Waals surface area contributed by atoms with E-state index in [0.717, 1.165) is 26.9 Å². The van der Waals surface area contributed by atoms with Crippen LogP contribution in [0.3, 0.4) is 0 Å². The fourth-order valence-electron chi connectivity index (χ4n) is 3.68. The van der Waals surface area contributed by atoms with Gasteiger partial charge in [0.1, 0.15) is 11.5 Å². The van der Waals surface area contributed by atoms with Crippen LogP contribution in [0.2, 0.25) is 0 Å². The van der Waals surface area contributed by atoms with Crippen molar-refractivity contribution in [2.45, 2.75) is 12.5 Å². The standard InChI is InChI=1S/C26H23BrN2O3/c1-31-21-13-14-25(32-2)22(16-21)24-17-23(19-9-11-20(27)12-10-19)28-29(24)26(30)15-8-18-6-4-3-5-7-18/h3-16,24H,17H2,1-2H3/b15-8+. The maximum absolute atomic E-state index is 13.2. The zero-order valence-corrected chi connectivity index (χ0v) is 19.5. The zero-order valence-electron chi connectivity index (χ0n) is 17.9. The number of methoxy groups -OCH3 is 2. The lowest BCUT2D eigenvalue weighted by Gasteiger charge is -2.23. The quantitative estimate of drug-likeness (QED) is 0.406.